The van der Waals surface area contributed by atoms with E-state index in [1.165, 1.54) is 31.7 Å². The van der Waals surface area contributed by atoms with Crippen molar-refractivity contribution in [3.63, 3.8) is 0 Å². The Morgan fingerprint density at radius 2 is 1.84 bits per heavy atom. The van der Waals surface area contributed by atoms with Crippen molar-refractivity contribution in [2.24, 2.45) is 0 Å². The number of hydrogen-bond acceptors (Lipinski definition) is 9. The summed E-state index contributed by atoms with van der Waals surface area (Å²) in [6.07, 6.45) is 2.61. The first-order valence-electron chi connectivity index (χ1n) is 12.0. The summed E-state index contributed by atoms with van der Waals surface area (Å²) >= 11 is 0. The van der Waals surface area contributed by atoms with Crippen molar-refractivity contribution in [1.29, 1.82) is 0 Å². The topological polar surface area (TPSA) is 148 Å². The Morgan fingerprint density at radius 1 is 1.13 bits per heavy atom. The van der Waals surface area contributed by atoms with Crippen molar-refractivity contribution in [1.82, 2.24) is 14.9 Å². The highest BCUT2D eigenvalue weighted by Crippen LogP contribution is 2.57. The van der Waals surface area contributed by atoms with Gasteiger partial charge in [-0.2, -0.15) is 0 Å². The maximum atomic E-state index is 13.8. The van der Waals surface area contributed by atoms with Gasteiger partial charge >= 0.3 is 0 Å². The second-order valence-corrected chi connectivity index (χ2v) is 9.57. The van der Waals surface area contributed by atoms with Crippen LogP contribution in [0.5, 0.6) is 17.2 Å². The molecule has 38 heavy (non-hydrogen) atoms. The van der Waals surface area contributed by atoms with Gasteiger partial charge in [0.1, 0.15) is 34.0 Å². The zero-order valence-corrected chi connectivity index (χ0v) is 21.2. The average molecular weight is 516 g/mol. The van der Waals surface area contributed by atoms with Gasteiger partial charge in [0.2, 0.25) is 0 Å². The number of ketones is 3. The molecule has 2 aromatic carbocycles. The monoisotopic (exact) mass is 515 g/mol. The molecule has 1 unspecified atom stereocenters. The van der Waals surface area contributed by atoms with Crippen LogP contribution in [-0.4, -0.2) is 43.7 Å². The number of fused-ring (bicyclic) bond motifs is 4. The molecule has 5 rings (SSSR count). The number of nitrogens with zero attached hydrogens (tertiary/aromatic N) is 2. The molecule has 0 spiro atoms. The number of para-hydroxylation sites is 1. The van der Waals surface area contributed by atoms with Crippen molar-refractivity contribution >= 4 is 28.3 Å². The molecule has 1 aromatic heterocycles. The number of hydrogen-bond donors (Lipinski definition) is 3. The van der Waals surface area contributed by atoms with Gasteiger partial charge in [-0.1, -0.05) is 12.1 Å². The number of nitrogens with one attached hydrogen (secondary N) is 1. The SMILES string of the molecule is CC(=O)c1c(O)c(C)c(O)c2c1OC1=CC(=O)C(=C(C)NCCn3cnc4ccccc4c3=O)C(=O)C12C. The quantitative estimate of drug-likeness (QED) is 0.265. The molecule has 1 aliphatic heterocycles. The van der Waals surface area contributed by atoms with Crippen molar-refractivity contribution in [3.05, 3.63) is 80.7 Å². The van der Waals surface area contributed by atoms with Crippen LogP contribution in [0.4, 0.5) is 0 Å². The normalized spacial score (nSPS) is 19.5. The Labute approximate surface area is 216 Å². The van der Waals surface area contributed by atoms with Crippen LogP contribution in [-0.2, 0) is 21.5 Å². The number of aromatic hydroxyl groups is 2. The molecule has 3 N–H and O–H groups in total. The smallest absolute Gasteiger partial charge is 0.261 e. The van der Waals surface area contributed by atoms with E-state index >= 15 is 0 Å². The Morgan fingerprint density at radius 3 is 2.55 bits per heavy atom. The van der Waals surface area contributed by atoms with Crippen LogP contribution >= 0.6 is 0 Å². The summed E-state index contributed by atoms with van der Waals surface area (Å²) in [6.45, 7) is 6.20. The molecule has 0 bridgehead atoms. The lowest BCUT2D eigenvalue weighted by atomic mass is 9.70. The van der Waals surface area contributed by atoms with Crippen molar-refractivity contribution in [2.75, 3.05) is 6.54 Å². The van der Waals surface area contributed by atoms with E-state index in [-0.39, 0.29) is 63.9 Å². The summed E-state index contributed by atoms with van der Waals surface area (Å²) in [4.78, 5) is 56.2. The van der Waals surface area contributed by atoms with Crippen LogP contribution in [0.2, 0.25) is 0 Å². The number of benzene rings is 2. The molecular weight excluding hydrogens is 490 g/mol. The molecule has 2 heterocycles. The van der Waals surface area contributed by atoms with E-state index in [4.69, 9.17) is 4.74 Å². The van der Waals surface area contributed by atoms with Gasteiger partial charge < -0.3 is 20.3 Å². The fraction of sp³-hybridized carbons (Fsp3) is 0.250. The number of carbonyl (C=O) groups excluding carboxylic acids is 3. The van der Waals surface area contributed by atoms with Gasteiger partial charge in [-0.3, -0.25) is 23.7 Å². The summed E-state index contributed by atoms with van der Waals surface area (Å²) < 4.78 is 7.21. The Hall–Kier alpha value is -4.73. The molecule has 1 aliphatic carbocycles. The first-order valence-corrected chi connectivity index (χ1v) is 12.0. The summed E-state index contributed by atoms with van der Waals surface area (Å²) in [5, 5.41) is 24.9. The van der Waals surface area contributed by atoms with Crippen LogP contribution in [0.25, 0.3) is 10.9 Å². The van der Waals surface area contributed by atoms with Crippen LogP contribution in [0.1, 0.15) is 42.3 Å². The lowest BCUT2D eigenvalue weighted by Gasteiger charge is -2.29. The van der Waals surface area contributed by atoms with Crippen molar-refractivity contribution in [3.8, 4) is 17.2 Å². The second-order valence-electron chi connectivity index (χ2n) is 9.57. The number of ether oxygens (including phenoxy) is 1. The van der Waals surface area contributed by atoms with Gasteiger partial charge in [-0.15, -0.1) is 0 Å². The molecule has 0 saturated heterocycles. The van der Waals surface area contributed by atoms with Gasteiger partial charge in [-0.05, 0) is 39.8 Å². The number of carbonyl (C=O) groups is 3. The van der Waals surface area contributed by atoms with Crippen molar-refractivity contribution < 1.29 is 29.3 Å². The van der Waals surface area contributed by atoms with E-state index in [0.29, 0.717) is 10.9 Å². The molecule has 194 valence electrons. The molecule has 2 aliphatic rings. The van der Waals surface area contributed by atoms with E-state index < -0.39 is 28.5 Å². The van der Waals surface area contributed by atoms with Crippen LogP contribution in [0.3, 0.4) is 0 Å². The van der Waals surface area contributed by atoms with Crippen molar-refractivity contribution in [2.45, 2.75) is 39.7 Å². The van der Waals surface area contributed by atoms with Crippen LogP contribution in [0.15, 0.2) is 58.5 Å². The zero-order valence-electron chi connectivity index (χ0n) is 21.2. The molecule has 0 fully saturated rings. The summed E-state index contributed by atoms with van der Waals surface area (Å²) in [7, 11) is 0. The van der Waals surface area contributed by atoms with E-state index in [2.05, 4.69) is 10.3 Å². The highest BCUT2D eigenvalue weighted by molar-refractivity contribution is 6.31. The predicted molar refractivity (Wildman–Crippen MR) is 137 cm³/mol. The molecule has 0 amide bonds. The van der Waals surface area contributed by atoms with Gasteiger partial charge in [-0.25, -0.2) is 4.98 Å². The number of rotatable bonds is 5. The van der Waals surface area contributed by atoms with E-state index in [1.807, 2.05) is 0 Å². The molecule has 3 aromatic rings. The molecule has 10 heteroatoms. The summed E-state index contributed by atoms with van der Waals surface area (Å²) in [5.74, 6) is -2.74. The van der Waals surface area contributed by atoms with Crippen LogP contribution < -0.4 is 15.6 Å². The largest absolute Gasteiger partial charge is 0.507 e. The van der Waals surface area contributed by atoms with Crippen LogP contribution in [0, 0.1) is 6.92 Å². The van der Waals surface area contributed by atoms with E-state index in [9.17, 15) is 29.4 Å². The number of allylic oxidation sites excluding steroid dienone is 4. The lowest BCUT2D eigenvalue weighted by molar-refractivity contribution is -0.123. The Balaban J connectivity index is 1.49. The Bertz CT molecular complexity index is 1710. The standard InChI is InChI=1S/C28H25N3O7/c1-13-23(34)21(15(3)32)25-22(24(13)35)28(4)19(38-25)11-18(33)20(26(28)36)14(2)29-9-10-31-12-30-17-8-6-5-7-16(17)27(31)37/h5-8,11-12,29,34-35H,9-10H2,1-4H3. The second kappa shape index (κ2) is 8.69. The Kier molecular flexibility index (Phi) is 5.70. The lowest BCUT2D eigenvalue weighted by Crippen LogP contribution is -2.41. The minimum absolute atomic E-state index is 0.0273. The first kappa shape index (κ1) is 24.9. The third kappa shape index (κ3) is 3.44. The van der Waals surface area contributed by atoms with Gasteiger partial charge in [0.05, 0.1) is 28.4 Å². The number of phenolic OH excluding ortho intramolecular Hbond substituents is 2. The molecule has 10 nitrogen and oxygen atoms in total. The minimum atomic E-state index is -1.59. The van der Waals surface area contributed by atoms with E-state index in [0.717, 1.165) is 6.08 Å². The fourth-order valence-corrected chi connectivity index (χ4v) is 5.08. The maximum Gasteiger partial charge on any atom is 0.261 e. The third-order valence-electron chi connectivity index (χ3n) is 7.23. The number of aromatic nitrogens is 2. The molecular formula is C28H25N3O7. The highest BCUT2D eigenvalue weighted by Gasteiger charge is 2.56. The average Bonchev–Trinajstić information content (AvgIpc) is 3.17. The minimum Gasteiger partial charge on any atom is -0.507 e. The molecule has 0 saturated carbocycles. The highest BCUT2D eigenvalue weighted by atomic mass is 16.5. The number of phenols is 2. The molecule has 0 radical (unpaired) electrons. The zero-order chi connectivity index (χ0) is 27.5. The van der Waals surface area contributed by atoms with Gasteiger partial charge in [0, 0.05) is 30.4 Å². The summed E-state index contributed by atoms with van der Waals surface area (Å²) in [5.41, 5.74) is -1.16. The van der Waals surface area contributed by atoms with E-state index in [1.54, 1.807) is 31.2 Å². The maximum absolute atomic E-state index is 13.8. The molecule has 1 atom stereocenters. The van der Waals surface area contributed by atoms with Gasteiger partial charge in [0.25, 0.3) is 5.56 Å². The summed E-state index contributed by atoms with van der Waals surface area (Å²) in [6, 6.07) is 7.01. The first-order chi connectivity index (χ1) is 18.0. The third-order valence-corrected chi connectivity index (χ3v) is 7.23. The van der Waals surface area contributed by atoms with Gasteiger partial charge in [0.15, 0.2) is 17.3 Å². The predicted octanol–water partition coefficient (Wildman–Crippen LogP) is 2.57. The number of Topliss-reactive ketones (excluding diaryl/α,β-unsaturated/α-hetero) is 2. The fourth-order valence-electron chi connectivity index (χ4n) is 5.08.